The molecular weight excluding hydrogens is 341 g/mol. The van der Waals surface area contributed by atoms with Gasteiger partial charge in [0, 0.05) is 27.0 Å². The third-order valence-corrected chi connectivity index (χ3v) is 4.04. The van der Waals surface area contributed by atoms with Gasteiger partial charge in [-0.05, 0) is 48.7 Å². The highest BCUT2D eigenvalue weighted by atomic mass is 79.9. The van der Waals surface area contributed by atoms with Gasteiger partial charge in [-0.1, -0.05) is 15.9 Å². The molecule has 0 spiro atoms. The summed E-state index contributed by atoms with van der Waals surface area (Å²) in [5.41, 5.74) is 1.02. The summed E-state index contributed by atoms with van der Waals surface area (Å²) in [7, 11) is 0. The second kappa shape index (κ2) is 6.90. The first-order valence-electron chi connectivity index (χ1n) is 5.96. The van der Waals surface area contributed by atoms with Gasteiger partial charge in [-0.25, -0.2) is 4.39 Å². The van der Waals surface area contributed by atoms with Crippen LogP contribution in [0.4, 0.5) is 4.39 Å². The molecule has 2 aromatic carbocycles. The quantitative estimate of drug-likeness (QED) is 0.832. The van der Waals surface area contributed by atoms with E-state index in [1.165, 1.54) is 6.07 Å². The number of hydrogen-bond acceptors (Lipinski definition) is 2. The summed E-state index contributed by atoms with van der Waals surface area (Å²) in [6.45, 7) is 0.161. The molecule has 1 amide bonds. The number of amides is 1. The molecule has 0 aromatic heterocycles. The van der Waals surface area contributed by atoms with Gasteiger partial charge >= 0.3 is 0 Å². The molecule has 0 bridgehead atoms. The number of carbonyl (C=O) groups excluding carboxylic acids is 1. The van der Waals surface area contributed by atoms with Crippen LogP contribution in [-0.2, 0) is 6.54 Å². The largest absolute Gasteiger partial charge is 0.348 e. The Morgan fingerprint density at radius 3 is 2.60 bits per heavy atom. The number of halogens is 2. The lowest BCUT2D eigenvalue weighted by molar-refractivity contribution is 0.0950. The van der Waals surface area contributed by atoms with Crippen LogP contribution in [0.3, 0.4) is 0 Å². The molecule has 2 aromatic rings. The number of nitrogens with one attached hydrogen (secondary N) is 1. The van der Waals surface area contributed by atoms with Crippen molar-refractivity contribution in [1.29, 1.82) is 0 Å². The van der Waals surface area contributed by atoms with Gasteiger partial charge in [-0.3, -0.25) is 4.79 Å². The van der Waals surface area contributed by atoms with Crippen molar-refractivity contribution in [1.82, 2.24) is 5.32 Å². The standard InChI is InChI=1S/C15H13BrFNOS/c1-20-13-5-2-10(3-6-13)15(19)18-9-11-8-12(16)4-7-14(11)17/h2-8H,9H2,1H3,(H,18,19). The van der Waals surface area contributed by atoms with Crippen molar-refractivity contribution in [2.75, 3.05) is 6.26 Å². The molecule has 0 saturated carbocycles. The van der Waals surface area contributed by atoms with E-state index >= 15 is 0 Å². The second-order valence-corrected chi connectivity index (χ2v) is 5.94. The van der Waals surface area contributed by atoms with E-state index in [-0.39, 0.29) is 18.3 Å². The number of rotatable bonds is 4. The van der Waals surface area contributed by atoms with Crippen molar-refractivity contribution >= 4 is 33.6 Å². The molecule has 2 rings (SSSR count). The summed E-state index contributed by atoms with van der Waals surface area (Å²) in [5, 5.41) is 2.71. The lowest BCUT2D eigenvalue weighted by Crippen LogP contribution is -2.23. The zero-order chi connectivity index (χ0) is 14.5. The van der Waals surface area contributed by atoms with E-state index < -0.39 is 0 Å². The molecule has 0 atom stereocenters. The van der Waals surface area contributed by atoms with Crippen molar-refractivity contribution in [3.8, 4) is 0 Å². The van der Waals surface area contributed by atoms with Gasteiger partial charge in [0.05, 0.1) is 0 Å². The Balaban J connectivity index is 2.02. The zero-order valence-corrected chi connectivity index (χ0v) is 13.2. The Hall–Kier alpha value is -1.33. The van der Waals surface area contributed by atoms with Gasteiger partial charge in [0.25, 0.3) is 5.91 Å². The molecule has 20 heavy (non-hydrogen) atoms. The fourth-order valence-electron chi connectivity index (χ4n) is 1.70. The Morgan fingerprint density at radius 1 is 1.25 bits per heavy atom. The number of thioether (sulfide) groups is 1. The SMILES string of the molecule is CSc1ccc(C(=O)NCc2cc(Br)ccc2F)cc1. The molecule has 1 N–H and O–H groups in total. The molecule has 0 aliphatic carbocycles. The van der Waals surface area contributed by atoms with Gasteiger partial charge in [0.2, 0.25) is 0 Å². The monoisotopic (exact) mass is 353 g/mol. The molecule has 0 aliphatic rings. The van der Waals surface area contributed by atoms with Crippen LogP contribution in [0.25, 0.3) is 0 Å². The average Bonchev–Trinajstić information content (AvgIpc) is 2.48. The van der Waals surface area contributed by atoms with Gasteiger partial charge in [-0.2, -0.15) is 0 Å². The first kappa shape index (κ1) is 15.1. The lowest BCUT2D eigenvalue weighted by Gasteiger charge is -2.07. The predicted molar refractivity (Wildman–Crippen MR) is 83.5 cm³/mol. The van der Waals surface area contributed by atoms with E-state index in [0.29, 0.717) is 11.1 Å². The maximum absolute atomic E-state index is 13.5. The van der Waals surface area contributed by atoms with Gasteiger partial charge in [0.1, 0.15) is 5.82 Å². The minimum absolute atomic E-state index is 0.161. The van der Waals surface area contributed by atoms with Crippen LogP contribution in [0, 0.1) is 5.82 Å². The van der Waals surface area contributed by atoms with Crippen molar-refractivity contribution < 1.29 is 9.18 Å². The molecule has 2 nitrogen and oxygen atoms in total. The van der Waals surface area contributed by atoms with Crippen LogP contribution >= 0.6 is 27.7 Å². The molecule has 0 aliphatic heterocycles. The van der Waals surface area contributed by atoms with Crippen LogP contribution in [-0.4, -0.2) is 12.2 Å². The van der Waals surface area contributed by atoms with Crippen LogP contribution in [0.15, 0.2) is 51.8 Å². The highest BCUT2D eigenvalue weighted by Crippen LogP contribution is 2.16. The molecule has 0 unspecified atom stereocenters. The van der Waals surface area contributed by atoms with E-state index in [4.69, 9.17) is 0 Å². The summed E-state index contributed by atoms with van der Waals surface area (Å²) < 4.78 is 14.3. The molecule has 0 heterocycles. The number of hydrogen-bond donors (Lipinski definition) is 1. The summed E-state index contributed by atoms with van der Waals surface area (Å²) in [4.78, 5) is 13.1. The molecule has 0 radical (unpaired) electrons. The first-order chi connectivity index (χ1) is 9.60. The topological polar surface area (TPSA) is 29.1 Å². The van der Waals surface area contributed by atoms with E-state index in [2.05, 4.69) is 21.2 Å². The van der Waals surface area contributed by atoms with Gasteiger partial charge in [-0.15, -0.1) is 11.8 Å². The van der Waals surface area contributed by atoms with Gasteiger partial charge in [0.15, 0.2) is 0 Å². The van der Waals surface area contributed by atoms with E-state index in [1.807, 2.05) is 18.4 Å². The predicted octanol–water partition coefficient (Wildman–Crippen LogP) is 4.24. The summed E-state index contributed by atoms with van der Waals surface area (Å²) in [5.74, 6) is -0.539. The van der Waals surface area contributed by atoms with Crippen LogP contribution in [0.2, 0.25) is 0 Å². The summed E-state index contributed by atoms with van der Waals surface area (Å²) in [6, 6.07) is 12.0. The Bertz CT molecular complexity index is 616. The maximum Gasteiger partial charge on any atom is 0.251 e. The molecule has 0 saturated heterocycles. The van der Waals surface area contributed by atoms with Crippen molar-refractivity contribution in [2.24, 2.45) is 0 Å². The van der Waals surface area contributed by atoms with E-state index in [1.54, 1.807) is 36.0 Å². The van der Waals surface area contributed by atoms with Crippen molar-refractivity contribution in [2.45, 2.75) is 11.4 Å². The minimum Gasteiger partial charge on any atom is -0.348 e. The Morgan fingerprint density at radius 2 is 1.95 bits per heavy atom. The smallest absolute Gasteiger partial charge is 0.251 e. The van der Waals surface area contributed by atoms with Gasteiger partial charge < -0.3 is 5.32 Å². The third-order valence-electron chi connectivity index (χ3n) is 2.80. The fourth-order valence-corrected chi connectivity index (χ4v) is 2.52. The number of benzene rings is 2. The normalized spacial score (nSPS) is 10.3. The average molecular weight is 354 g/mol. The maximum atomic E-state index is 13.5. The highest BCUT2D eigenvalue weighted by molar-refractivity contribution is 9.10. The van der Waals surface area contributed by atoms with Crippen LogP contribution in [0.1, 0.15) is 15.9 Å². The Labute approximate surface area is 129 Å². The van der Waals surface area contributed by atoms with Crippen molar-refractivity contribution in [3.05, 3.63) is 63.9 Å². The lowest BCUT2D eigenvalue weighted by atomic mass is 10.2. The fraction of sp³-hybridized carbons (Fsp3) is 0.133. The van der Waals surface area contributed by atoms with Crippen LogP contribution in [0.5, 0.6) is 0 Å². The summed E-state index contributed by atoms with van der Waals surface area (Å²) >= 11 is 4.90. The molecule has 104 valence electrons. The minimum atomic E-state index is -0.328. The van der Waals surface area contributed by atoms with E-state index in [9.17, 15) is 9.18 Å². The summed E-state index contributed by atoms with van der Waals surface area (Å²) in [6.07, 6.45) is 1.98. The second-order valence-electron chi connectivity index (χ2n) is 4.15. The highest BCUT2D eigenvalue weighted by Gasteiger charge is 2.07. The molecular formula is C15H13BrFNOS. The zero-order valence-electron chi connectivity index (χ0n) is 10.8. The number of carbonyl (C=O) groups is 1. The Kier molecular flexibility index (Phi) is 5.20. The first-order valence-corrected chi connectivity index (χ1v) is 7.98. The van der Waals surface area contributed by atoms with Crippen molar-refractivity contribution in [3.63, 3.8) is 0 Å². The molecule has 0 fully saturated rings. The third kappa shape index (κ3) is 3.84. The van der Waals surface area contributed by atoms with Crippen LogP contribution < -0.4 is 5.32 Å². The molecule has 5 heteroatoms. The van der Waals surface area contributed by atoms with E-state index in [0.717, 1.165) is 9.37 Å².